The molecule has 104 valence electrons. The number of aliphatic hydroxyl groups is 2. The van der Waals surface area contributed by atoms with Gasteiger partial charge in [0.1, 0.15) is 0 Å². The molecule has 0 rings (SSSR count). The van der Waals surface area contributed by atoms with Crippen LogP contribution in [0.2, 0.25) is 0 Å². The van der Waals surface area contributed by atoms with Gasteiger partial charge in [-0.05, 0) is 12.5 Å². The summed E-state index contributed by atoms with van der Waals surface area (Å²) in [5.41, 5.74) is 0. The highest BCUT2D eigenvalue weighted by Gasteiger charge is 2.09. The predicted molar refractivity (Wildman–Crippen MR) is 72.1 cm³/mol. The van der Waals surface area contributed by atoms with Gasteiger partial charge in [0.25, 0.3) is 0 Å². The normalized spacial score (nSPS) is 17.4. The minimum atomic E-state index is -0.648. The summed E-state index contributed by atoms with van der Waals surface area (Å²) in [5.74, 6) is -0.102. The average Bonchev–Trinajstić information content (AvgIpc) is 2.37. The van der Waals surface area contributed by atoms with Crippen LogP contribution in [0.1, 0.15) is 13.3 Å². The lowest BCUT2D eigenvalue weighted by atomic mass is 10.0. The monoisotopic (exact) mass is 256 g/mol. The van der Waals surface area contributed by atoms with Crippen LogP contribution in [-0.4, -0.2) is 42.9 Å². The van der Waals surface area contributed by atoms with Gasteiger partial charge in [-0.15, -0.1) is 6.58 Å². The Kier molecular flexibility index (Phi) is 9.50. The molecule has 0 saturated heterocycles. The highest BCUT2D eigenvalue weighted by Crippen LogP contribution is 2.09. The quantitative estimate of drug-likeness (QED) is 0.486. The smallest absolute Gasteiger partial charge is 0.176 e. The molecule has 0 aromatic heterocycles. The first-order chi connectivity index (χ1) is 8.54. The van der Waals surface area contributed by atoms with E-state index in [-0.39, 0.29) is 5.92 Å². The predicted octanol–water partition coefficient (Wildman–Crippen LogP) is 1.65. The fourth-order valence-electron chi connectivity index (χ4n) is 1.30. The van der Waals surface area contributed by atoms with Crippen LogP contribution in [-0.2, 0) is 9.47 Å². The average molecular weight is 256 g/mol. The molecule has 2 N–H and O–H groups in total. The Balaban J connectivity index is 4.24. The van der Waals surface area contributed by atoms with Crippen molar-refractivity contribution in [2.45, 2.75) is 31.8 Å². The van der Waals surface area contributed by atoms with Crippen molar-refractivity contribution in [3.8, 4) is 0 Å². The van der Waals surface area contributed by atoms with Crippen LogP contribution in [0.25, 0.3) is 0 Å². The molecule has 0 fully saturated rings. The van der Waals surface area contributed by atoms with E-state index in [1.807, 2.05) is 6.92 Å². The van der Waals surface area contributed by atoms with Gasteiger partial charge in [0.2, 0.25) is 0 Å². The van der Waals surface area contributed by atoms with Crippen molar-refractivity contribution in [1.82, 2.24) is 0 Å². The molecule has 0 aliphatic carbocycles. The van der Waals surface area contributed by atoms with E-state index in [2.05, 4.69) is 6.58 Å². The summed E-state index contributed by atoms with van der Waals surface area (Å²) in [6.07, 6.45) is 7.20. The third-order valence-corrected chi connectivity index (χ3v) is 2.51. The van der Waals surface area contributed by atoms with Gasteiger partial charge in [-0.2, -0.15) is 0 Å². The summed E-state index contributed by atoms with van der Waals surface area (Å²) in [7, 11) is 3.06. The number of aliphatic hydroxyl groups excluding tert-OH is 2. The Bertz CT molecular complexity index is 269. The second-order valence-corrected chi connectivity index (χ2v) is 4.05. The van der Waals surface area contributed by atoms with E-state index in [0.717, 1.165) is 0 Å². The van der Waals surface area contributed by atoms with Gasteiger partial charge in [-0.3, -0.25) is 0 Å². The third kappa shape index (κ3) is 7.40. The van der Waals surface area contributed by atoms with Gasteiger partial charge in [0.05, 0.1) is 12.2 Å². The minimum Gasteiger partial charge on any atom is -0.389 e. The van der Waals surface area contributed by atoms with Gasteiger partial charge in [-0.25, -0.2) is 0 Å². The molecule has 0 heterocycles. The van der Waals surface area contributed by atoms with Crippen molar-refractivity contribution in [2.24, 2.45) is 5.92 Å². The molecule has 0 amide bonds. The zero-order chi connectivity index (χ0) is 14.0. The number of hydrogen-bond donors (Lipinski definition) is 2. The molecule has 18 heavy (non-hydrogen) atoms. The van der Waals surface area contributed by atoms with E-state index >= 15 is 0 Å². The van der Waals surface area contributed by atoms with Crippen LogP contribution in [0.3, 0.4) is 0 Å². The highest BCUT2D eigenvalue weighted by molar-refractivity contribution is 5.02. The van der Waals surface area contributed by atoms with Crippen LogP contribution in [0.4, 0.5) is 0 Å². The molecule has 0 saturated carbocycles. The van der Waals surface area contributed by atoms with Crippen LogP contribution in [0.5, 0.6) is 0 Å². The van der Waals surface area contributed by atoms with Crippen LogP contribution in [0.15, 0.2) is 37.0 Å². The molecule has 0 aromatic carbocycles. The van der Waals surface area contributed by atoms with Crippen molar-refractivity contribution in [3.05, 3.63) is 37.0 Å². The number of methoxy groups -OCH3 is 2. The van der Waals surface area contributed by atoms with E-state index < -0.39 is 18.5 Å². The van der Waals surface area contributed by atoms with E-state index in [1.54, 1.807) is 30.4 Å². The van der Waals surface area contributed by atoms with E-state index in [9.17, 15) is 10.2 Å². The lowest BCUT2D eigenvalue weighted by molar-refractivity contribution is -0.0672. The second-order valence-electron chi connectivity index (χ2n) is 4.05. The molecular weight excluding hydrogens is 232 g/mol. The summed E-state index contributed by atoms with van der Waals surface area (Å²) in [4.78, 5) is 0. The summed E-state index contributed by atoms with van der Waals surface area (Å²) in [6, 6.07) is 0. The zero-order valence-corrected chi connectivity index (χ0v) is 11.3. The fraction of sp³-hybridized carbons (Fsp3) is 0.571. The van der Waals surface area contributed by atoms with E-state index in [1.165, 1.54) is 14.2 Å². The maximum Gasteiger partial charge on any atom is 0.176 e. The number of hydrogen-bond acceptors (Lipinski definition) is 4. The molecule has 0 spiro atoms. The molecule has 3 atom stereocenters. The van der Waals surface area contributed by atoms with E-state index in [0.29, 0.717) is 6.42 Å². The van der Waals surface area contributed by atoms with Crippen molar-refractivity contribution >= 4 is 0 Å². The molecule has 0 aliphatic heterocycles. The number of rotatable bonds is 9. The maximum atomic E-state index is 9.85. The Morgan fingerprint density at radius 3 is 2.17 bits per heavy atom. The minimum absolute atomic E-state index is 0.102. The molecule has 0 radical (unpaired) electrons. The second kappa shape index (κ2) is 10.0. The van der Waals surface area contributed by atoms with Crippen molar-refractivity contribution in [2.75, 3.05) is 14.2 Å². The van der Waals surface area contributed by atoms with Gasteiger partial charge >= 0.3 is 0 Å². The molecule has 0 aromatic rings. The first kappa shape index (κ1) is 17.1. The fourth-order valence-corrected chi connectivity index (χ4v) is 1.30. The van der Waals surface area contributed by atoms with Crippen molar-refractivity contribution in [1.29, 1.82) is 0 Å². The molecule has 0 unspecified atom stereocenters. The maximum absolute atomic E-state index is 9.85. The standard InChI is InChI=1S/C14H24O4/c1-5-6-12(15)8-7-11(2)13(16)9-10-14(17-3)18-4/h5,7-16H,1,6H2,2-4H3/b8-7+,10-9+/t11-,12-,13-/m1/s1. The number of ether oxygens (including phenoxy) is 2. The summed E-state index contributed by atoms with van der Waals surface area (Å²) >= 11 is 0. The lowest BCUT2D eigenvalue weighted by Gasteiger charge is -2.13. The van der Waals surface area contributed by atoms with Crippen molar-refractivity contribution in [3.63, 3.8) is 0 Å². The largest absolute Gasteiger partial charge is 0.389 e. The Hall–Kier alpha value is -0.940. The summed E-state index contributed by atoms with van der Waals surface area (Å²) in [5, 5.41) is 19.3. The molecule has 0 aliphatic rings. The third-order valence-electron chi connectivity index (χ3n) is 2.51. The Morgan fingerprint density at radius 2 is 1.67 bits per heavy atom. The van der Waals surface area contributed by atoms with Crippen LogP contribution < -0.4 is 0 Å². The van der Waals surface area contributed by atoms with Crippen molar-refractivity contribution < 1.29 is 19.7 Å². The zero-order valence-electron chi connectivity index (χ0n) is 11.3. The highest BCUT2D eigenvalue weighted by atomic mass is 16.7. The first-order valence-electron chi connectivity index (χ1n) is 5.94. The summed E-state index contributed by atoms with van der Waals surface area (Å²) < 4.78 is 9.94. The molecule has 4 nitrogen and oxygen atoms in total. The Morgan fingerprint density at radius 1 is 1.06 bits per heavy atom. The molecule has 0 bridgehead atoms. The van der Waals surface area contributed by atoms with Gasteiger partial charge in [0.15, 0.2) is 6.29 Å². The molecular formula is C14H24O4. The van der Waals surface area contributed by atoms with Crippen LogP contribution in [0, 0.1) is 5.92 Å². The SMILES string of the molecule is C=CC[C@@H](O)/C=C/[C@@H](C)[C@H](O)/C=C/C(OC)OC. The topological polar surface area (TPSA) is 58.9 Å². The Labute approximate surface area is 109 Å². The van der Waals surface area contributed by atoms with Gasteiger partial charge in [-0.1, -0.05) is 31.2 Å². The first-order valence-corrected chi connectivity index (χ1v) is 5.94. The summed E-state index contributed by atoms with van der Waals surface area (Å²) in [6.45, 7) is 5.41. The van der Waals surface area contributed by atoms with Crippen LogP contribution >= 0.6 is 0 Å². The molecule has 4 heteroatoms. The van der Waals surface area contributed by atoms with Gasteiger partial charge < -0.3 is 19.7 Å². The van der Waals surface area contributed by atoms with Gasteiger partial charge in [0, 0.05) is 20.1 Å². The lowest BCUT2D eigenvalue weighted by Crippen LogP contribution is -2.16. The van der Waals surface area contributed by atoms with E-state index in [4.69, 9.17) is 9.47 Å².